The van der Waals surface area contributed by atoms with E-state index >= 15 is 0 Å². The second-order valence-electron chi connectivity index (χ2n) is 3.79. The van der Waals surface area contributed by atoms with Crippen molar-refractivity contribution in [3.05, 3.63) is 45.1 Å². The van der Waals surface area contributed by atoms with Gasteiger partial charge in [0.05, 0.1) is 10.9 Å². The van der Waals surface area contributed by atoms with Gasteiger partial charge < -0.3 is 15.2 Å². The first-order chi connectivity index (χ1) is 9.10. The quantitative estimate of drug-likeness (QED) is 0.869. The maximum absolute atomic E-state index is 11.3. The third-order valence-corrected chi connectivity index (χ3v) is 4.21. The minimum atomic E-state index is -0.912. The second kappa shape index (κ2) is 6.08. The number of aliphatic carboxylic acids is 1. The van der Waals surface area contributed by atoms with Gasteiger partial charge in [-0.15, -0.1) is 11.3 Å². The van der Waals surface area contributed by atoms with Gasteiger partial charge in [0, 0.05) is 10.6 Å². The number of carboxylic acids is 1. The van der Waals surface area contributed by atoms with Crippen LogP contribution in [0.25, 0.3) is 0 Å². The van der Waals surface area contributed by atoms with Crippen molar-refractivity contribution in [3.8, 4) is 5.75 Å². The number of methoxy groups -OCH3 is 1. The number of anilines is 1. The van der Waals surface area contributed by atoms with Crippen LogP contribution in [-0.4, -0.2) is 18.2 Å². The number of carboxylic acid groups (broad SMARTS) is 1. The van der Waals surface area contributed by atoms with E-state index in [4.69, 9.17) is 4.74 Å². The van der Waals surface area contributed by atoms with Gasteiger partial charge in [-0.05, 0) is 52.3 Å². The summed E-state index contributed by atoms with van der Waals surface area (Å²) in [6.07, 6.45) is 0. The summed E-state index contributed by atoms with van der Waals surface area (Å²) in [5.74, 6) is -0.179. The van der Waals surface area contributed by atoms with Crippen molar-refractivity contribution in [2.75, 3.05) is 12.4 Å². The van der Waals surface area contributed by atoms with Gasteiger partial charge in [0.15, 0.2) is 6.04 Å². The summed E-state index contributed by atoms with van der Waals surface area (Å²) in [6.45, 7) is 0. The summed E-state index contributed by atoms with van der Waals surface area (Å²) in [7, 11) is 1.59. The Balaban J connectivity index is 2.18. The van der Waals surface area contributed by atoms with Crippen LogP contribution in [0.1, 0.15) is 10.9 Å². The van der Waals surface area contributed by atoms with Crippen LogP contribution >= 0.6 is 27.3 Å². The zero-order valence-electron chi connectivity index (χ0n) is 10.1. The van der Waals surface area contributed by atoms with E-state index in [1.54, 1.807) is 37.4 Å². The zero-order valence-corrected chi connectivity index (χ0v) is 12.5. The van der Waals surface area contributed by atoms with E-state index in [0.717, 1.165) is 20.1 Å². The highest BCUT2D eigenvalue weighted by atomic mass is 79.9. The number of ether oxygens (including phenoxy) is 1. The number of carbonyl (C=O) groups is 1. The van der Waals surface area contributed by atoms with Gasteiger partial charge in [0.1, 0.15) is 5.75 Å². The fourth-order valence-electron chi connectivity index (χ4n) is 1.59. The summed E-state index contributed by atoms with van der Waals surface area (Å²) >= 11 is 4.73. The minimum absolute atomic E-state index is 0.733. The molecule has 1 aromatic carbocycles. The lowest BCUT2D eigenvalue weighted by Crippen LogP contribution is -2.19. The molecule has 1 atom stereocenters. The van der Waals surface area contributed by atoms with Gasteiger partial charge in [-0.1, -0.05) is 0 Å². The molecule has 0 bridgehead atoms. The summed E-state index contributed by atoms with van der Waals surface area (Å²) in [6, 6.07) is 10.0. The van der Waals surface area contributed by atoms with Crippen molar-refractivity contribution in [1.82, 2.24) is 0 Å². The maximum Gasteiger partial charge on any atom is 0.331 e. The average Bonchev–Trinajstić information content (AvgIpc) is 2.82. The predicted molar refractivity (Wildman–Crippen MR) is 79.0 cm³/mol. The Bertz CT molecular complexity index is 568. The molecule has 100 valence electrons. The Hall–Kier alpha value is -1.53. The highest BCUT2D eigenvalue weighted by Crippen LogP contribution is 2.30. The monoisotopic (exact) mass is 341 g/mol. The summed E-state index contributed by atoms with van der Waals surface area (Å²) < 4.78 is 5.97. The van der Waals surface area contributed by atoms with E-state index in [9.17, 15) is 9.90 Å². The van der Waals surface area contributed by atoms with E-state index in [1.807, 2.05) is 6.07 Å². The topological polar surface area (TPSA) is 58.6 Å². The van der Waals surface area contributed by atoms with Crippen LogP contribution in [0.15, 0.2) is 40.2 Å². The molecule has 2 aromatic rings. The summed E-state index contributed by atoms with van der Waals surface area (Å²) in [4.78, 5) is 12.1. The number of hydrogen-bond acceptors (Lipinski definition) is 4. The first kappa shape index (κ1) is 13.9. The Labute approximate surface area is 123 Å². The lowest BCUT2D eigenvalue weighted by molar-refractivity contribution is -0.138. The molecule has 0 saturated carbocycles. The molecule has 0 radical (unpaired) electrons. The van der Waals surface area contributed by atoms with Gasteiger partial charge in [-0.25, -0.2) is 4.79 Å². The molecule has 0 amide bonds. The van der Waals surface area contributed by atoms with Crippen LogP contribution in [0.3, 0.4) is 0 Å². The van der Waals surface area contributed by atoms with Gasteiger partial charge in [-0.3, -0.25) is 0 Å². The van der Waals surface area contributed by atoms with E-state index in [1.165, 1.54) is 11.3 Å². The molecule has 1 heterocycles. The van der Waals surface area contributed by atoms with Crippen molar-refractivity contribution in [2.45, 2.75) is 6.04 Å². The fourth-order valence-corrected chi connectivity index (χ4v) is 3.06. The smallest absolute Gasteiger partial charge is 0.331 e. The highest BCUT2D eigenvalue weighted by molar-refractivity contribution is 9.11. The van der Waals surface area contributed by atoms with Crippen molar-refractivity contribution < 1.29 is 14.6 Å². The molecule has 1 aromatic heterocycles. The molecular weight excluding hydrogens is 330 g/mol. The van der Waals surface area contributed by atoms with Crippen LogP contribution in [0.4, 0.5) is 5.69 Å². The number of hydrogen-bond donors (Lipinski definition) is 2. The summed E-state index contributed by atoms with van der Waals surface area (Å²) in [5, 5.41) is 12.3. The maximum atomic E-state index is 11.3. The fraction of sp³-hybridized carbons (Fsp3) is 0.154. The Morgan fingerprint density at radius 1 is 1.32 bits per heavy atom. The summed E-state index contributed by atoms with van der Waals surface area (Å²) in [5.41, 5.74) is 0.734. The molecule has 0 aliphatic carbocycles. The van der Waals surface area contributed by atoms with Gasteiger partial charge in [0.2, 0.25) is 0 Å². The van der Waals surface area contributed by atoms with Gasteiger partial charge in [-0.2, -0.15) is 0 Å². The molecule has 2 N–H and O–H groups in total. The molecule has 0 saturated heterocycles. The minimum Gasteiger partial charge on any atom is -0.497 e. The molecule has 0 spiro atoms. The van der Waals surface area contributed by atoms with Gasteiger partial charge in [0.25, 0.3) is 0 Å². The van der Waals surface area contributed by atoms with E-state index in [0.29, 0.717) is 0 Å². The Kier molecular flexibility index (Phi) is 4.44. The molecule has 2 rings (SSSR count). The van der Waals surface area contributed by atoms with Gasteiger partial charge >= 0.3 is 5.97 Å². The molecule has 0 aliphatic rings. The molecule has 0 aliphatic heterocycles. The molecule has 6 heteroatoms. The van der Waals surface area contributed by atoms with E-state index in [-0.39, 0.29) is 0 Å². The molecule has 0 fully saturated rings. The molecule has 1 unspecified atom stereocenters. The lowest BCUT2D eigenvalue weighted by atomic mass is 10.2. The van der Waals surface area contributed by atoms with Crippen molar-refractivity contribution in [1.29, 1.82) is 0 Å². The lowest BCUT2D eigenvalue weighted by Gasteiger charge is -2.14. The van der Waals surface area contributed by atoms with E-state index < -0.39 is 12.0 Å². The van der Waals surface area contributed by atoms with Crippen LogP contribution < -0.4 is 10.1 Å². The first-order valence-corrected chi connectivity index (χ1v) is 7.09. The Morgan fingerprint density at radius 3 is 2.47 bits per heavy atom. The van der Waals surface area contributed by atoms with Crippen LogP contribution in [0.2, 0.25) is 0 Å². The average molecular weight is 342 g/mol. The third kappa shape index (κ3) is 3.48. The second-order valence-corrected chi connectivity index (χ2v) is 6.28. The normalized spacial score (nSPS) is 11.9. The first-order valence-electron chi connectivity index (χ1n) is 5.49. The van der Waals surface area contributed by atoms with Crippen molar-refractivity contribution in [3.63, 3.8) is 0 Å². The van der Waals surface area contributed by atoms with Crippen LogP contribution in [0.5, 0.6) is 5.75 Å². The third-order valence-electron chi connectivity index (χ3n) is 2.53. The van der Waals surface area contributed by atoms with Crippen LogP contribution in [0, 0.1) is 0 Å². The number of nitrogens with one attached hydrogen (secondary N) is 1. The number of rotatable bonds is 5. The molecule has 19 heavy (non-hydrogen) atoms. The predicted octanol–water partition coefficient (Wildman–Crippen LogP) is 3.76. The van der Waals surface area contributed by atoms with Crippen LogP contribution in [-0.2, 0) is 4.79 Å². The number of thiophene rings is 1. The van der Waals surface area contributed by atoms with E-state index in [2.05, 4.69) is 21.2 Å². The molecule has 4 nitrogen and oxygen atoms in total. The standard InChI is InChI=1S/C13H12BrNO3S/c1-18-9-4-2-8(3-5-9)15-12(13(16)17)10-6-7-11(14)19-10/h2-7,12,15H,1H3,(H,16,17). The largest absolute Gasteiger partial charge is 0.497 e. The van der Waals surface area contributed by atoms with Crippen molar-refractivity contribution >= 4 is 38.9 Å². The Morgan fingerprint density at radius 2 is 2.00 bits per heavy atom. The number of benzene rings is 1. The van der Waals surface area contributed by atoms with Crippen molar-refractivity contribution in [2.24, 2.45) is 0 Å². The zero-order chi connectivity index (χ0) is 13.8. The SMILES string of the molecule is COc1ccc(NC(C(=O)O)c2ccc(Br)s2)cc1. The number of halogens is 1. The highest BCUT2D eigenvalue weighted by Gasteiger charge is 2.21. The molecular formula is C13H12BrNO3S.